The number of ether oxygens (including phenoxy) is 3. The van der Waals surface area contributed by atoms with Crippen LogP contribution in [0.15, 0.2) is 42.5 Å². The third kappa shape index (κ3) is 5.00. The third-order valence-corrected chi connectivity index (χ3v) is 4.35. The number of benzene rings is 2. The number of fused-ring (bicyclic) bond motifs is 1. The van der Waals surface area contributed by atoms with Crippen molar-refractivity contribution in [1.82, 2.24) is 4.90 Å². The molecule has 3 rings (SSSR count). The lowest BCUT2D eigenvalue weighted by Gasteiger charge is -2.17. The van der Waals surface area contributed by atoms with Crippen molar-refractivity contribution in [2.45, 2.75) is 26.3 Å². The topological polar surface area (TPSA) is 65.1 Å². The van der Waals surface area contributed by atoms with Gasteiger partial charge in [-0.3, -0.25) is 9.59 Å². The summed E-state index contributed by atoms with van der Waals surface area (Å²) in [7, 11) is 1.79. The van der Waals surface area contributed by atoms with Gasteiger partial charge < -0.3 is 19.1 Å². The van der Waals surface area contributed by atoms with Gasteiger partial charge in [0.2, 0.25) is 12.7 Å². The molecule has 0 unspecified atom stereocenters. The van der Waals surface area contributed by atoms with Gasteiger partial charge in [-0.25, -0.2) is 0 Å². The van der Waals surface area contributed by atoms with Crippen molar-refractivity contribution >= 4 is 11.7 Å². The zero-order valence-electron chi connectivity index (χ0n) is 15.6. The molecule has 0 saturated heterocycles. The third-order valence-electron chi connectivity index (χ3n) is 4.35. The summed E-state index contributed by atoms with van der Waals surface area (Å²) in [5, 5.41) is 0. The molecule has 142 valence electrons. The van der Waals surface area contributed by atoms with Crippen LogP contribution in [0.5, 0.6) is 17.2 Å². The Bertz CT molecular complexity index is 816. The van der Waals surface area contributed by atoms with Crippen LogP contribution in [0.25, 0.3) is 0 Å². The standard InChI is InChI=1S/C21H23NO5/c1-15(23)17-6-8-18(9-7-17)25-11-3-4-21(24)22(2)13-16-5-10-19-20(12-16)27-14-26-19/h5-10,12H,3-4,11,13-14H2,1-2H3. The highest BCUT2D eigenvalue weighted by atomic mass is 16.7. The number of Topliss-reactive ketones (excluding diaryl/α,β-unsaturated/α-hetero) is 1. The molecule has 0 bridgehead atoms. The Kier molecular flexibility index (Phi) is 5.96. The number of amides is 1. The van der Waals surface area contributed by atoms with E-state index in [0.717, 1.165) is 17.1 Å². The van der Waals surface area contributed by atoms with Gasteiger partial charge >= 0.3 is 0 Å². The van der Waals surface area contributed by atoms with Gasteiger partial charge in [0, 0.05) is 25.6 Å². The van der Waals surface area contributed by atoms with Crippen LogP contribution >= 0.6 is 0 Å². The molecule has 2 aromatic rings. The molecule has 0 spiro atoms. The van der Waals surface area contributed by atoms with Gasteiger partial charge in [-0.15, -0.1) is 0 Å². The van der Waals surface area contributed by atoms with Crippen LogP contribution in [-0.2, 0) is 11.3 Å². The summed E-state index contributed by atoms with van der Waals surface area (Å²) in [5.74, 6) is 2.24. The minimum Gasteiger partial charge on any atom is -0.494 e. The van der Waals surface area contributed by atoms with Crippen LogP contribution in [0.1, 0.15) is 35.7 Å². The fourth-order valence-electron chi connectivity index (χ4n) is 2.79. The van der Waals surface area contributed by atoms with Crippen molar-refractivity contribution in [3.8, 4) is 17.2 Å². The van der Waals surface area contributed by atoms with E-state index in [9.17, 15) is 9.59 Å². The average Bonchev–Trinajstić information content (AvgIpc) is 3.13. The molecule has 27 heavy (non-hydrogen) atoms. The van der Waals surface area contributed by atoms with Gasteiger partial charge in [-0.2, -0.15) is 0 Å². The van der Waals surface area contributed by atoms with Crippen molar-refractivity contribution in [3.05, 3.63) is 53.6 Å². The summed E-state index contributed by atoms with van der Waals surface area (Å²) >= 11 is 0. The second kappa shape index (κ2) is 8.58. The number of carbonyl (C=O) groups excluding carboxylic acids is 2. The smallest absolute Gasteiger partial charge is 0.231 e. The van der Waals surface area contributed by atoms with E-state index in [1.807, 2.05) is 18.2 Å². The van der Waals surface area contributed by atoms with Crippen molar-refractivity contribution in [2.75, 3.05) is 20.4 Å². The molecule has 0 fully saturated rings. The second-order valence-corrected chi connectivity index (χ2v) is 6.47. The Balaban J connectivity index is 1.40. The van der Waals surface area contributed by atoms with Crippen molar-refractivity contribution in [3.63, 3.8) is 0 Å². The first-order chi connectivity index (χ1) is 13.0. The molecule has 1 amide bonds. The lowest BCUT2D eigenvalue weighted by atomic mass is 10.1. The zero-order chi connectivity index (χ0) is 19.2. The summed E-state index contributed by atoms with van der Waals surface area (Å²) < 4.78 is 16.3. The molecule has 0 saturated carbocycles. The van der Waals surface area contributed by atoms with E-state index >= 15 is 0 Å². The van der Waals surface area contributed by atoms with E-state index in [4.69, 9.17) is 14.2 Å². The molecule has 1 heterocycles. The van der Waals surface area contributed by atoms with Gasteiger partial charge in [0.15, 0.2) is 17.3 Å². The molecule has 6 heteroatoms. The second-order valence-electron chi connectivity index (χ2n) is 6.47. The first-order valence-corrected chi connectivity index (χ1v) is 8.89. The molecule has 2 aromatic carbocycles. The van der Waals surface area contributed by atoms with E-state index in [-0.39, 0.29) is 18.5 Å². The monoisotopic (exact) mass is 369 g/mol. The summed E-state index contributed by atoms with van der Waals surface area (Å²) in [6.45, 7) is 2.73. The quantitative estimate of drug-likeness (QED) is 0.527. The minimum atomic E-state index is 0.0256. The summed E-state index contributed by atoms with van der Waals surface area (Å²) in [4.78, 5) is 25.2. The Morgan fingerprint density at radius 2 is 1.81 bits per heavy atom. The van der Waals surface area contributed by atoms with Crippen LogP contribution in [-0.4, -0.2) is 37.0 Å². The number of carbonyl (C=O) groups is 2. The van der Waals surface area contributed by atoms with Gasteiger partial charge in [0.05, 0.1) is 6.61 Å². The van der Waals surface area contributed by atoms with E-state index in [1.54, 1.807) is 36.2 Å². The molecule has 0 aliphatic carbocycles. The number of hydrogen-bond donors (Lipinski definition) is 0. The Morgan fingerprint density at radius 3 is 2.56 bits per heavy atom. The first kappa shape index (κ1) is 18.8. The van der Waals surface area contributed by atoms with Crippen molar-refractivity contribution < 1.29 is 23.8 Å². The maximum absolute atomic E-state index is 12.3. The molecule has 0 atom stereocenters. The fourth-order valence-corrected chi connectivity index (χ4v) is 2.79. The zero-order valence-corrected chi connectivity index (χ0v) is 15.6. The number of nitrogens with zero attached hydrogens (tertiary/aromatic N) is 1. The predicted octanol–water partition coefficient (Wildman–Crippen LogP) is 3.44. The van der Waals surface area contributed by atoms with Crippen LogP contribution < -0.4 is 14.2 Å². The van der Waals surface area contributed by atoms with Crippen LogP contribution in [0.3, 0.4) is 0 Å². The molecule has 0 N–H and O–H groups in total. The summed E-state index contributed by atoms with van der Waals surface area (Å²) in [6.07, 6.45) is 1.03. The van der Waals surface area contributed by atoms with Gasteiger partial charge in [-0.05, 0) is 55.3 Å². The maximum atomic E-state index is 12.3. The van der Waals surface area contributed by atoms with E-state index in [0.29, 0.717) is 37.3 Å². The van der Waals surface area contributed by atoms with Gasteiger partial charge in [-0.1, -0.05) is 6.07 Å². The minimum absolute atomic E-state index is 0.0256. The highest BCUT2D eigenvalue weighted by Gasteiger charge is 2.15. The van der Waals surface area contributed by atoms with E-state index in [2.05, 4.69) is 0 Å². The fraction of sp³-hybridized carbons (Fsp3) is 0.333. The van der Waals surface area contributed by atoms with Gasteiger partial charge in [0.1, 0.15) is 5.75 Å². The normalized spacial score (nSPS) is 11.9. The maximum Gasteiger partial charge on any atom is 0.231 e. The molecule has 1 aliphatic rings. The SMILES string of the molecule is CC(=O)c1ccc(OCCCC(=O)N(C)Cc2ccc3c(c2)OCO3)cc1. The molecule has 1 aliphatic heterocycles. The van der Waals surface area contributed by atoms with Gasteiger partial charge in [0.25, 0.3) is 0 Å². The highest BCUT2D eigenvalue weighted by Crippen LogP contribution is 2.32. The number of ketones is 1. The van der Waals surface area contributed by atoms with Crippen LogP contribution in [0.2, 0.25) is 0 Å². The van der Waals surface area contributed by atoms with Crippen LogP contribution in [0, 0.1) is 0 Å². The van der Waals surface area contributed by atoms with E-state index in [1.165, 1.54) is 6.92 Å². The van der Waals surface area contributed by atoms with E-state index < -0.39 is 0 Å². The largest absolute Gasteiger partial charge is 0.494 e. The Hall–Kier alpha value is -3.02. The summed E-state index contributed by atoms with van der Waals surface area (Å²) in [6, 6.07) is 12.7. The molecule has 6 nitrogen and oxygen atoms in total. The average molecular weight is 369 g/mol. The van der Waals surface area contributed by atoms with Crippen LogP contribution in [0.4, 0.5) is 0 Å². The molecule has 0 radical (unpaired) electrons. The first-order valence-electron chi connectivity index (χ1n) is 8.89. The number of hydrogen-bond acceptors (Lipinski definition) is 5. The Labute approximate surface area is 158 Å². The molecule has 0 aromatic heterocycles. The highest BCUT2D eigenvalue weighted by molar-refractivity contribution is 5.94. The lowest BCUT2D eigenvalue weighted by Crippen LogP contribution is -2.26. The predicted molar refractivity (Wildman–Crippen MR) is 100 cm³/mol. The Morgan fingerprint density at radius 1 is 1.07 bits per heavy atom. The van der Waals surface area contributed by atoms with Crippen molar-refractivity contribution in [1.29, 1.82) is 0 Å². The summed E-state index contributed by atoms with van der Waals surface area (Å²) in [5.41, 5.74) is 1.65. The van der Waals surface area contributed by atoms with Crippen molar-refractivity contribution in [2.24, 2.45) is 0 Å². The molecular weight excluding hydrogens is 346 g/mol. The number of rotatable bonds is 8. The molecular formula is C21H23NO5. The lowest BCUT2D eigenvalue weighted by molar-refractivity contribution is -0.130.